The van der Waals surface area contributed by atoms with Crippen molar-refractivity contribution in [3.8, 4) is 5.69 Å². The summed E-state index contributed by atoms with van der Waals surface area (Å²) < 4.78 is 6.26. The molecule has 1 heterocycles. The lowest BCUT2D eigenvalue weighted by molar-refractivity contribution is -0.122. The molecule has 0 bridgehead atoms. The molecule has 1 aromatic heterocycles. The van der Waals surface area contributed by atoms with E-state index in [9.17, 15) is 14.4 Å². The quantitative estimate of drug-likeness (QED) is 0.730. The van der Waals surface area contributed by atoms with E-state index < -0.39 is 12.0 Å². The molecule has 2 rings (SSSR count). The summed E-state index contributed by atoms with van der Waals surface area (Å²) in [5, 5.41) is 10.3. The zero-order valence-corrected chi connectivity index (χ0v) is 15.4. The first-order valence-corrected chi connectivity index (χ1v) is 8.31. The number of hydrogen-bond acceptors (Lipinski definition) is 6. The summed E-state index contributed by atoms with van der Waals surface area (Å²) in [6, 6.07) is 6.94. The monoisotopic (exact) mass is 374 g/mol. The van der Waals surface area contributed by atoms with Crippen LogP contribution >= 0.6 is 0 Å². The highest BCUT2D eigenvalue weighted by Gasteiger charge is 2.16. The minimum atomic E-state index is -0.651. The Kier molecular flexibility index (Phi) is 6.47. The van der Waals surface area contributed by atoms with E-state index in [0.717, 1.165) is 5.56 Å². The summed E-state index contributed by atoms with van der Waals surface area (Å²) in [5.74, 6) is -0.952. The molecule has 0 radical (unpaired) electrons. The van der Waals surface area contributed by atoms with E-state index in [2.05, 4.69) is 15.6 Å². The number of nitrogens with zero attached hydrogens (tertiary/aromatic N) is 4. The van der Waals surface area contributed by atoms with Gasteiger partial charge in [0.25, 0.3) is 5.91 Å². The molecule has 3 N–H and O–H groups in total. The van der Waals surface area contributed by atoms with Crippen molar-refractivity contribution in [2.24, 2.45) is 5.73 Å². The van der Waals surface area contributed by atoms with Crippen LogP contribution in [0.3, 0.4) is 0 Å². The van der Waals surface area contributed by atoms with Gasteiger partial charge in [0, 0.05) is 7.05 Å². The molecule has 1 atom stereocenters. The number of ether oxygens (including phenoxy) is 1. The largest absolute Gasteiger partial charge is 0.450 e. The van der Waals surface area contributed by atoms with E-state index >= 15 is 0 Å². The van der Waals surface area contributed by atoms with Crippen molar-refractivity contribution in [1.29, 1.82) is 0 Å². The van der Waals surface area contributed by atoms with Crippen molar-refractivity contribution in [2.45, 2.75) is 19.9 Å². The first-order valence-electron chi connectivity index (χ1n) is 8.31. The van der Waals surface area contributed by atoms with Gasteiger partial charge in [-0.25, -0.2) is 9.48 Å². The Morgan fingerprint density at radius 2 is 1.96 bits per heavy atom. The maximum Gasteiger partial charge on any atom is 0.409 e. The standard InChI is InChI=1S/C17H22N6O4/c1-4-27-17(26)22(3)10-15(24)19-11(2)12-5-7-13(8-6-12)23-9-14(16(18)25)20-21-23/h5-9,11H,4,10H2,1-3H3,(H2,18,25)(H,19,24)/t11-/m0/s1. The Bertz CT molecular complexity index is 817. The van der Waals surface area contributed by atoms with Gasteiger partial charge in [0.15, 0.2) is 5.69 Å². The SMILES string of the molecule is CCOC(=O)N(C)CC(=O)N[C@@H](C)c1ccc(-n2cc(C(N)=O)nn2)cc1. The van der Waals surface area contributed by atoms with Crippen LogP contribution in [0.5, 0.6) is 0 Å². The normalized spacial score (nSPS) is 11.5. The molecule has 0 unspecified atom stereocenters. The summed E-state index contributed by atoms with van der Waals surface area (Å²) in [7, 11) is 1.50. The lowest BCUT2D eigenvalue weighted by atomic mass is 10.1. The molecule has 10 heteroatoms. The number of rotatable bonds is 7. The van der Waals surface area contributed by atoms with Crippen molar-refractivity contribution in [1.82, 2.24) is 25.2 Å². The van der Waals surface area contributed by atoms with Gasteiger partial charge in [-0.2, -0.15) is 0 Å². The summed E-state index contributed by atoms with van der Waals surface area (Å²) in [6.07, 6.45) is 0.890. The van der Waals surface area contributed by atoms with Crippen molar-refractivity contribution in [2.75, 3.05) is 20.2 Å². The molecule has 3 amide bonds. The number of nitrogens with two attached hydrogens (primary N) is 1. The predicted molar refractivity (Wildman–Crippen MR) is 96.1 cm³/mol. The molecule has 1 aromatic carbocycles. The molecule has 0 saturated carbocycles. The second kappa shape index (κ2) is 8.79. The molecule has 0 aliphatic rings. The van der Waals surface area contributed by atoms with Crippen molar-refractivity contribution >= 4 is 17.9 Å². The predicted octanol–water partition coefficient (Wildman–Crippen LogP) is 0.632. The van der Waals surface area contributed by atoms with Gasteiger partial charge in [0.1, 0.15) is 6.54 Å². The molecule has 27 heavy (non-hydrogen) atoms. The number of carbonyl (C=O) groups excluding carboxylic acids is 3. The number of aromatic nitrogens is 3. The third-order valence-corrected chi connectivity index (χ3v) is 3.74. The smallest absolute Gasteiger partial charge is 0.409 e. The van der Waals surface area contributed by atoms with Gasteiger partial charge in [-0.1, -0.05) is 17.3 Å². The summed E-state index contributed by atoms with van der Waals surface area (Å²) >= 11 is 0. The van der Waals surface area contributed by atoms with Gasteiger partial charge in [0.2, 0.25) is 5.91 Å². The Hall–Kier alpha value is -3.43. The molecule has 0 fully saturated rings. The molecule has 0 spiro atoms. The zero-order valence-electron chi connectivity index (χ0n) is 15.4. The van der Waals surface area contributed by atoms with Gasteiger partial charge < -0.3 is 20.7 Å². The molecular weight excluding hydrogens is 352 g/mol. The second-order valence-corrected chi connectivity index (χ2v) is 5.85. The number of nitrogens with one attached hydrogen (secondary N) is 1. The maximum atomic E-state index is 12.1. The highest BCUT2D eigenvalue weighted by atomic mass is 16.6. The second-order valence-electron chi connectivity index (χ2n) is 5.85. The van der Waals surface area contributed by atoms with E-state index in [1.807, 2.05) is 19.1 Å². The van der Waals surface area contributed by atoms with Crippen molar-refractivity contribution in [3.05, 3.63) is 41.7 Å². The molecule has 0 saturated heterocycles. The van der Waals surface area contributed by atoms with Crippen LogP contribution in [0.1, 0.15) is 35.9 Å². The van der Waals surface area contributed by atoms with Gasteiger partial charge >= 0.3 is 6.09 Å². The highest BCUT2D eigenvalue weighted by Crippen LogP contribution is 2.15. The molecule has 0 aliphatic carbocycles. The average molecular weight is 374 g/mol. The summed E-state index contributed by atoms with van der Waals surface area (Å²) in [5.41, 5.74) is 6.79. The number of likely N-dealkylation sites (N-methyl/N-ethyl adjacent to an activating group) is 1. The Labute approximate surface area is 156 Å². The average Bonchev–Trinajstić information content (AvgIpc) is 3.12. The molecule has 10 nitrogen and oxygen atoms in total. The van der Waals surface area contributed by atoms with Gasteiger partial charge in [-0.3, -0.25) is 9.59 Å². The van der Waals surface area contributed by atoms with Crippen LogP contribution in [0.2, 0.25) is 0 Å². The first-order chi connectivity index (χ1) is 12.8. The van der Waals surface area contributed by atoms with E-state index in [4.69, 9.17) is 10.5 Å². The number of hydrogen-bond donors (Lipinski definition) is 2. The van der Waals surface area contributed by atoms with E-state index in [1.54, 1.807) is 19.1 Å². The molecular formula is C17H22N6O4. The lowest BCUT2D eigenvalue weighted by Gasteiger charge is -2.19. The fourth-order valence-corrected chi connectivity index (χ4v) is 2.30. The van der Waals surface area contributed by atoms with Crippen LogP contribution in [0, 0.1) is 0 Å². The van der Waals surface area contributed by atoms with Crippen LogP contribution in [-0.2, 0) is 9.53 Å². The summed E-state index contributed by atoms with van der Waals surface area (Å²) in [4.78, 5) is 35.9. The number of primary amides is 1. The van der Waals surface area contributed by atoms with E-state index in [-0.39, 0.29) is 30.8 Å². The Morgan fingerprint density at radius 1 is 1.30 bits per heavy atom. The van der Waals surface area contributed by atoms with Crippen molar-refractivity contribution in [3.63, 3.8) is 0 Å². The number of amides is 3. The third-order valence-electron chi connectivity index (χ3n) is 3.74. The van der Waals surface area contributed by atoms with Crippen molar-refractivity contribution < 1.29 is 19.1 Å². The van der Waals surface area contributed by atoms with Gasteiger partial charge in [-0.15, -0.1) is 5.10 Å². The number of benzene rings is 1. The zero-order chi connectivity index (χ0) is 20.0. The molecule has 0 aliphatic heterocycles. The topological polar surface area (TPSA) is 132 Å². The molecule has 2 aromatic rings. The maximum absolute atomic E-state index is 12.1. The van der Waals surface area contributed by atoms with Crippen LogP contribution in [0.4, 0.5) is 4.79 Å². The van der Waals surface area contributed by atoms with Crippen LogP contribution in [-0.4, -0.2) is 58.0 Å². The van der Waals surface area contributed by atoms with Gasteiger partial charge in [0.05, 0.1) is 24.5 Å². The van der Waals surface area contributed by atoms with Crippen LogP contribution in [0.15, 0.2) is 30.5 Å². The van der Waals surface area contributed by atoms with Gasteiger partial charge in [-0.05, 0) is 31.5 Å². The molecule has 144 valence electrons. The summed E-state index contributed by atoms with van der Waals surface area (Å²) in [6.45, 7) is 3.68. The van der Waals surface area contributed by atoms with Crippen LogP contribution < -0.4 is 11.1 Å². The van der Waals surface area contributed by atoms with Crippen LogP contribution in [0.25, 0.3) is 5.69 Å². The van der Waals surface area contributed by atoms with E-state index in [1.165, 1.54) is 22.8 Å². The Balaban J connectivity index is 1.96. The minimum absolute atomic E-state index is 0.0745. The first kappa shape index (κ1) is 19.9. The number of carbonyl (C=O) groups is 3. The fraction of sp³-hybridized carbons (Fsp3) is 0.353. The minimum Gasteiger partial charge on any atom is -0.450 e. The lowest BCUT2D eigenvalue weighted by Crippen LogP contribution is -2.39. The third kappa shape index (κ3) is 5.27. The van der Waals surface area contributed by atoms with E-state index in [0.29, 0.717) is 5.69 Å². The fourth-order valence-electron chi connectivity index (χ4n) is 2.30. The highest BCUT2D eigenvalue weighted by molar-refractivity contribution is 5.90. The Morgan fingerprint density at radius 3 is 2.52 bits per heavy atom.